The summed E-state index contributed by atoms with van der Waals surface area (Å²) in [4.78, 5) is 16.0. The summed E-state index contributed by atoms with van der Waals surface area (Å²) in [5.41, 5.74) is -0.0584. The predicted molar refractivity (Wildman–Crippen MR) is 66.7 cm³/mol. The second-order valence-electron chi connectivity index (χ2n) is 3.24. The molecule has 0 saturated carbocycles. The molecule has 0 atom stereocenters. The molecule has 90 valence electrons. The van der Waals surface area contributed by atoms with Crippen molar-refractivity contribution >= 4 is 27.4 Å². The van der Waals surface area contributed by atoms with Gasteiger partial charge in [0.2, 0.25) is 0 Å². The summed E-state index contributed by atoms with van der Waals surface area (Å²) < 4.78 is 0.562. The molecule has 1 aromatic rings. The van der Waals surface area contributed by atoms with Crippen LogP contribution in [0.2, 0.25) is 0 Å². The van der Waals surface area contributed by atoms with Crippen molar-refractivity contribution in [3.8, 4) is 6.07 Å². The molecule has 0 aromatic carbocycles. The van der Waals surface area contributed by atoms with Gasteiger partial charge in [-0.25, -0.2) is 4.98 Å². The van der Waals surface area contributed by atoms with Gasteiger partial charge in [0.05, 0.1) is 21.9 Å². The van der Waals surface area contributed by atoms with Crippen molar-refractivity contribution in [2.45, 2.75) is 13.3 Å². The lowest BCUT2D eigenvalue weighted by Gasteiger charge is -2.21. The predicted octanol–water partition coefficient (Wildman–Crippen LogP) is 2.49. The first-order chi connectivity index (χ1) is 8.10. The van der Waals surface area contributed by atoms with E-state index in [1.165, 1.54) is 12.3 Å². The Kier molecular flexibility index (Phi) is 4.84. The number of nitro groups is 1. The topological polar surface area (TPSA) is 83.1 Å². The summed E-state index contributed by atoms with van der Waals surface area (Å²) in [7, 11) is 0. The lowest BCUT2D eigenvalue weighted by molar-refractivity contribution is -0.385. The highest BCUT2D eigenvalue weighted by molar-refractivity contribution is 9.10. The molecule has 7 heteroatoms. The molecule has 0 fully saturated rings. The molecule has 6 nitrogen and oxygen atoms in total. The third-order valence-corrected chi connectivity index (χ3v) is 2.78. The van der Waals surface area contributed by atoms with E-state index in [1.807, 2.05) is 11.8 Å². The quantitative estimate of drug-likeness (QED) is 0.616. The third-order valence-electron chi connectivity index (χ3n) is 2.19. The van der Waals surface area contributed by atoms with Crippen LogP contribution in [0.4, 0.5) is 11.5 Å². The van der Waals surface area contributed by atoms with Crippen LogP contribution in [-0.2, 0) is 0 Å². The second-order valence-corrected chi connectivity index (χ2v) is 4.10. The largest absolute Gasteiger partial charge is 0.355 e. The minimum absolute atomic E-state index is 0.0584. The van der Waals surface area contributed by atoms with Crippen LogP contribution in [0.15, 0.2) is 16.7 Å². The number of aromatic nitrogens is 1. The molecule has 0 aliphatic carbocycles. The van der Waals surface area contributed by atoms with Gasteiger partial charge >= 0.3 is 0 Å². The second kappa shape index (κ2) is 6.15. The maximum absolute atomic E-state index is 10.6. The van der Waals surface area contributed by atoms with Crippen LogP contribution >= 0.6 is 15.9 Å². The van der Waals surface area contributed by atoms with E-state index in [1.54, 1.807) is 0 Å². The van der Waals surface area contributed by atoms with Crippen LogP contribution in [-0.4, -0.2) is 23.0 Å². The standard InChI is InChI=1S/C10H11BrN4O2/c1-2-14(5-3-4-12)10-9(11)6-8(7-13-10)15(16)17/h6-7H,2-3,5H2,1H3. The number of pyridine rings is 1. The first-order valence-electron chi connectivity index (χ1n) is 5.02. The van der Waals surface area contributed by atoms with Crippen molar-refractivity contribution in [1.82, 2.24) is 4.98 Å². The molecule has 0 saturated heterocycles. The maximum Gasteiger partial charge on any atom is 0.288 e. The van der Waals surface area contributed by atoms with Gasteiger partial charge in [-0.1, -0.05) is 0 Å². The minimum atomic E-state index is -0.493. The van der Waals surface area contributed by atoms with Gasteiger partial charge < -0.3 is 4.90 Å². The van der Waals surface area contributed by atoms with Crippen molar-refractivity contribution < 1.29 is 4.92 Å². The van der Waals surface area contributed by atoms with E-state index in [0.717, 1.165) is 0 Å². The molecule has 1 rings (SSSR count). The van der Waals surface area contributed by atoms with E-state index >= 15 is 0 Å². The average molecular weight is 299 g/mol. The summed E-state index contributed by atoms with van der Waals surface area (Å²) in [5.74, 6) is 0.619. The van der Waals surface area contributed by atoms with E-state index in [4.69, 9.17) is 5.26 Å². The van der Waals surface area contributed by atoms with Gasteiger partial charge in [-0.3, -0.25) is 10.1 Å². The van der Waals surface area contributed by atoms with Gasteiger partial charge in [0.25, 0.3) is 5.69 Å². The lowest BCUT2D eigenvalue weighted by atomic mass is 10.3. The van der Waals surface area contributed by atoms with E-state index in [0.29, 0.717) is 29.8 Å². The van der Waals surface area contributed by atoms with Gasteiger partial charge in [-0.2, -0.15) is 5.26 Å². The fraction of sp³-hybridized carbons (Fsp3) is 0.400. The Bertz CT molecular complexity index is 458. The fourth-order valence-corrected chi connectivity index (χ4v) is 1.94. The van der Waals surface area contributed by atoms with E-state index < -0.39 is 4.92 Å². The number of nitriles is 1. The summed E-state index contributed by atoms with van der Waals surface area (Å²) in [6.45, 7) is 3.18. The molecule has 0 spiro atoms. The highest BCUT2D eigenvalue weighted by atomic mass is 79.9. The Hall–Kier alpha value is -1.68. The molecule has 0 aliphatic rings. The molecule has 0 radical (unpaired) electrons. The first kappa shape index (κ1) is 13.4. The molecule has 1 heterocycles. The fourth-order valence-electron chi connectivity index (χ4n) is 1.35. The highest BCUT2D eigenvalue weighted by Gasteiger charge is 2.14. The van der Waals surface area contributed by atoms with E-state index in [9.17, 15) is 10.1 Å². The zero-order valence-electron chi connectivity index (χ0n) is 9.26. The molecule has 0 bridgehead atoms. The van der Waals surface area contributed by atoms with Gasteiger partial charge in [-0.15, -0.1) is 0 Å². The van der Waals surface area contributed by atoms with Crippen LogP contribution < -0.4 is 4.90 Å². The van der Waals surface area contributed by atoms with Crippen LogP contribution in [0.5, 0.6) is 0 Å². The van der Waals surface area contributed by atoms with Crippen LogP contribution in [0.3, 0.4) is 0 Å². The van der Waals surface area contributed by atoms with Crippen molar-refractivity contribution in [2.75, 3.05) is 18.0 Å². The molecular weight excluding hydrogens is 288 g/mol. The van der Waals surface area contributed by atoms with E-state index in [-0.39, 0.29) is 5.69 Å². The van der Waals surface area contributed by atoms with Crippen LogP contribution in [0.25, 0.3) is 0 Å². The van der Waals surface area contributed by atoms with Gasteiger partial charge in [0.1, 0.15) is 12.0 Å². The van der Waals surface area contributed by atoms with Crippen LogP contribution in [0.1, 0.15) is 13.3 Å². The van der Waals surface area contributed by atoms with E-state index in [2.05, 4.69) is 27.0 Å². The molecule has 0 unspecified atom stereocenters. The summed E-state index contributed by atoms with van der Waals surface area (Å²) in [6, 6.07) is 3.47. The van der Waals surface area contributed by atoms with Gasteiger partial charge in [-0.05, 0) is 22.9 Å². The SMILES string of the molecule is CCN(CCC#N)c1ncc([N+](=O)[O-])cc1Br. The number of rotatable bonds is 5. The lowest BCUT2D eigenvalue weighted by Crippen LogP contribution is -2.25. The zero-order chi connectivity index (χ0) is 12.8. The normalized spacial score (nSPS) is 9.71. The molecule has 0 amide bonds. The minimum Gasteiger partial charge on any atom is -0.355 e. The summed E-state index contributed by atoms with van der Waals surface area (Å²) >= 11 is 3.26. The number of hydrogen-bond acceptors (Lipinski definition) is 5. The van der Waals surface area contributed by atoms with Crippen molar-refractivity contribution in [2.24, 2.45) is 0 Å². The molecule has 0 aliphatic heterocycles. The third kappa shape index (κ3) is 3.39. The number of halogens is 1. The highest BCUT2D eigenvalue weighted by Crippen LogP contribution is 2.27. The maximum atomic E-state index is 10.6. The Morgan fingerprint density at radius 2 is 2.41 bits per heavy atom. The molecule has 17 heavy (non-hydrogen) atoms. The van der Waals surface area contributed by atoms with Crippen molar-refractivity contribution in [3.05, 3.63) is 26.9 Å². The molecule has 1 aromatic heterocycles. The Morgan fingerprint density at radius 1 is 1.71 bits per heavy atom. The Morgan fingerprint density at radius 3 is 2.88 bits per heavy atom. The number of anilines is 1. The van der Waals surface area contributed by atoms with Crippen LogP contribution in [0, 0.1) is 21.4 Å². The summed E-state index contributed by atoms with van der Waals surface area (Å²) in [6.07, 6.45) is 1.61. The summed E-state index contributed by atoms with van der Waals surface area (Å²) in [5, 5.41) is 19.1. The Labute approximate surface area is 107 Å². The average Bonchev–Trinajstić information content (AvgIpc) is 2.31. The first-order valence-corrected chi connectivity index (χ1v) is 5.81. The van der Waals surface area contributed by atoms with Gasteiger partial charge in [0.15, 0.2) is 0 Å². The smallest absolute Gasteiger partial charge is 0.288 e. The zero-order valence-corrected chi connectivity index (χ0v) is 10.8. The van der Waals surface area contributed by atoms with Crippen molar-refractivity contribution in [1.29, 1.82) is 5.26 Å². The van der Waals surface area contributed by atoms with Gasteiger partial charge in [0, 0.05) is 19.2 Å². The monoisotopic (exact) mass is 298 g/mol. The van der Waals surface area contributed by atoms with Crippen molar-refractivity contribution in [3.63, 3.8) is 0 Å². The number of nitrogens with zero attached hydrogens (tertiary/aromatic N) is 4. The molecule has 0 N–H and O–H groups in total. The number of hydrogen-bond donors (Lipinski definition) is 0. The molecular formula is C10H11BrN4O2. The Balaban J connectivity index is 2.97.